The van der Waals surface area contributed by atoms with Crippen LogP contribution in [0.3, 0.4) is 0 Å². The molecule has 2 atom stereocenters. The van der Waals surface area contributed by atoms with E-state index in [1.165, 1.54) is 0 Å². The zero-order valence-corrected chi connectivity index (χ0v) is 16.5. The fraction of sp³-hybridized carbons (Fsp3) is 0.318. The number of carbonyl (C=O) groups excluding carboxylic acids is 3. The SMILES string of the molecule is COc1ccc(N2C[C@@H](C(=O)OCC(=O)N[C@H](C)c3ccccc3)CC2=O)cc1. The summed E-state index contributed by atoms with van der Waals surface area (Å²) in [5.74, 6) is -0.988. The number of carbonyl (C=O) groups is 3. The first-order valence-electron chi connectivity index (χ1n) is 9.43. The van der Waals surface area contributed by atoms with E-state index in [0.29, 0.717) is 11.4 Å². The quantitative estimate of drug-likeness (QED) is 0.727. The Bertz CT molecular complexity index is 867. The lowest BCUT2D eigenvalue weighted by molar-refractivity contribution is -0.152. The van der Waals surface area contributed by atoms with Crippen LogP contribution in [0.2, 0.25) is 0 Å². The Balaban J connectivity index is 1.49. The van der Waals surface area contributed by atoms with Gasteiger partial charge in [-0.25, -0.2) is 0 Å². The van der Waals surface area contributed by atoms with Crippen molar-refractivity contribution in [2.45, 2.75) is 19.4 Å². The van der Waals surface area contributed by atoms with Crippen molar-refractivity contribution in [1.82, 2.24) is 5.32 Å². The second kappa shape index (κ2) is 9.23. The number of nitrogens with zero attached hydrogens (tertiary/aromatic N) is 1. The van der Waals surface area contributed by atoms with Crippen LogP contribution in [0.25, 0.3) is 0 Å². The molecule has 29 heavy (non-hydrogen) atoms. The van der Waals surface area contributed by atoms with E-state index in [9.17, 15) is 14.4 Å². The molecular formula is C22H24N2O5. The number of hydrogen-bond donors (Lipinski definition) is 1. The molecule has 0 aromatic heterocycles. The standard InChI is InChI=1S/C22H24N2O5/c1-15(16-6-4-3-5-7-16)23-20(25)14-29-22(27)17-12-21(26)24(13-17)18-8-10-19(28-2)11-9-18/h3-11,15,17H,12-14H2,1-2H3,(H,23,25)/t15-,17+/m1/s1. The minimum atomic E-state index is -0.594. The number of ether oxygens (including phenoxy) is 2. The lowest BCUT2D eigenvalue weighted by atomic mass is 10.1. The molecule has 1 aliphatic heterocycles. The second-order valence-electron chi connectivity index (χ2n) is 6.91. The second-order valence-corrected chi connectivity index (χ2v) is 6.91. The van der Waals surface area contributed by atoms with Crippen molar-refractivity contribution in [1.29, 1.82) is 0 Å². The summed E-state index contributed by atoms with van der Waals surface area (Å²) in [5, 5.41) is 2.79. The molecule has 152 valence electrons. The molecule has 1 saturated heterocycles. The summed E-state index contributed by atoms with van der Waals surface area (Å²) in [5.41, 5.74) is 1.66. The van der Waals surface area contributed by atoms with Crippen molar-refractivity contribution in [2.75, 3.05) is 25.2 Å². The Labute approximate surface area is 169 Å². The molecule has 0 saturated carbocycles. The summed E-state index contributed by atoms with van der Waals surface area (Å²) in [6.45, 7) is 1.71. The summed E-state index contributed by atoms with van der Waals surface area (Å²) >= 11 is 0. The molecule has 1 aliphatic rings. The zero-order chi connectivity index (χ0) is 20.8. The minimum Gasteiger partial charge on any atom is -0.497 e. The van der Waals surface area contributed by atoms with E-state index in [2.05, 4.69) is 5.32 Å². The molecule has 0 bridgehead atoms. The maximum Gasteiger partial charge on any atom is 0.311 e. The van der Waals surface area contributed by atoms with Gasteiger partial charge >= 0.3 is 5.97 Å². The van der Waals surface area contributed by atoms with Gasteiger partial charge in [-0.1, -0.05) is 30.3 Å². The van der Waals surface area contributed by atoms with Gasteiger partial charge in [0.15, 0.2) is 6.61 Å². The van der Waals surface area contributed by atoms with E-state index in [4.69, 9.17) is 9.47 Å². The third-order valence-corrected chi connectivity index (χ3v) is 4.87. The molecule has 2 amide bonds. The molecule has 0 aliphatic carbocycles. The number of rotatable bonds is 7. The van der Waals surface area contributed by atoms with Gasteiger partial charge < -0.3 is 19.7 Å². The highest BCUT2D eigenvalue weighted by atomic mass is 16.5. The predicted molar refractivity (Wildman–Crippen MR) is 107 cm³/mol. The summed E-state index contributed by atoms with van der Waals surface area (Å²) in [4.78, 5) is 38.2. The lowest BCUT2D eigenvalue weighted by Crippen LogP contribution is -2.32. The monoisotopic (exact) mass is 396 g/mol. The Hall–Kier alpha value is -3.35. The first kappa shape index (κ1) is 20.4. The highest BCUT2D eigenvalue weighted by Crippen LogP contribution is 2.27. The molecule has 7 heteroatoms. The van der Waals surface area contributed by atoms with E-state index in [0.717, 1.165) is 5.56 Å². The molecule has 2 aromatic carbocycles. The van der Waals surface area contributed by atoms with Crippen molar-refractivity contribution in [2.24, 2.45) is 5.92 Å². The van der Waals surface area contributed by atoms with Gasteiger partial charge in [-0.15, -0.1) is 0 Å². The van der Waals surface area contributed by atoms with Gasteiger partial charge in [-0.3, -0.25) is 14.4 Å². The molecule has 2 aromatic rings. The van der Waals surface area contributed by atoms with Crippen LogP contribution in [0.5, 0.6) is 5.75 Å². The van der Waals surface area contributed by atoms with Crippen LogP contribution in [0.1, 0.15) is 24.9 Å². The number of amides is 2. The van der Waals surface area contributed by atoms with Gasteiger partial charge in [0, 0.05) is 18.7 Å². The van der Waals surface area contributed by atoms with Crippen LogP contribution in [-0.2, 0) is 19.1 Å². The fourth-order valence-corrected chi connectivity index (χ4v) is 3.24. The number of methoxy groups -OCH3 is 1. The topological polar surface area (TPSA) is 84.9 Å². The maximum atomic E-state index is 12.3. The number of esters is 1. The molecule has 3 rings (SSSR count). The van der Waals surface area contributed by atoms with Crippen molar-refractivity contribution in [3.8, 4) is 5.75 Å². The highest BCUT2D eigenvalue weighted by Gasteiger charge is 2.36. The minimum absolute atomic E-state index is 0.0624. The van der Waals surface area contributed by atoms with Crippen LogP contribution in [0, 0.1) is 5.92 Å². The maximum absolute atomic E-state index is 12.3. The fourth-order valence-electron chi connectivity index (χ4n) is 3.24. The number of benzene rings is 2. The van der Waals surface area contributed by atoms with Crippen molar-refractivity contribution in [3.63, 3.8) is 0 Å². The van der Waals surface area contributed by atoms with Crippen molar-refractivity contribution < 1.29 is 23.9 Å². The summed E-state index contributed by atoms with van der Waals surface area (Å²) in [7, 11) is 1.57. The van der Waals surface area contributed by atoms with E-state index in [1.54, 1.807) is 36.3 Å². The van der Waals surface area contributed by atoms with Gasteiger partial charge in [0.1, 0.15) is 5.75 Å². The first-order valence-corrected chi connectivity index (χ1v) is 9.43. The third-order valence-electron chi connectivity index (χ3n) is 4.87. The van der Waals surface area contributed by atoms with E-state index < -0.39 is 11.9 Å². The van der Waals surface area contributed by atoms with Crippen molar-refractivity contribution in [3.05, 3.63) is 60.2 Å². The van der Waals surface area contributed by atoms with Gasteiger partial charge in [0.2, 0.25) is 5.91 Å². The van der Waals surface area contributed by atoms with Crippen LogP contribution < -0.4 is 15.0 Å². The molecular weight excluding hydrogens is 372 g/mol. The zero-order valence-electron chi connectivity index (χ0n) is 16.5. The van der Waals surface area contributed by atoms with Crippen LogP contribution >= 0.6 is 0 Å². The van der Waals surface area contributed by atoms with Crippen LogP contribution in [0.4, 0.5) is 5.69 Å². The summed E-state index contributed by atoms with van der Waals surface area (Å²) < 4.78 is 10.3. The van der Waals surface area contributed by atoms with Gasteiger partial charge in [0.25, 0.3) is 5.91 Å². The predicted octanol–water partition coefficient (Wildman–Crippen LogP) is 2.47. The molecule has 7 nitrogen and oxygen atoms in total. The Kier molecular flexibility index (Phi) is 6.49. The Morgan fingerprint density at radius 3 is 2.48 bits per heavy atom. The van der Waals surface area contributed by atoms with E-state index in [-0.39, 0.29) is 37.4 Å². The molecule has 1 heterocycles. The third kappa shape index (κ3) is 5.13. The molecule has 1 N–H and O–H groups in total. The molecule has 0 spiro atoms. The van der Waals surface area contributed by atoms with Crippen LogP contribution in [0.15, 0.2) is 54.6 Å². The summed E-state index contributed by atoms with van der Waals surface area (Å²) in [6, 6.07) is 16.4. The number of nitrogens with one attached hydrogen (secondary N) is 1. The molecule has 0 unspecified atom stereocenters. The van der Waals surface area contributed by atoms with E-state index in [1.807, 2.05) is 37.3 Å². The van der Waals surface area contributed by atoms with Gasteiger partial charge in [0.05, 0.1) is 19.1 Å². The van der Waals surface area contributed by atoms with Crippen LogP contribution in [-0.4, -0.2) is 38.0 Å². The average Bonchev–Trinajstić information content (AvgIpc) is 3.14. The molecule has 1 fully saturated rings. The number of hydrogen-bond acceptors (Lipinski definition) is 5. The highest BCUT2D eigenvalue weighted by molar-refractivity contribution is 5.99. The Morgan fingerprint density at radius 2 is 1.83 bits per heavy atom. The smallest absolute Gasteiger partial charge is 0.311 e. The largest absolute Gasteiger partial charge is 0.497 e. The number of anilines is 1. The summed E-state index contributed by atoms with van der Waals surface area (Å²) in [6.07, 6.45) is 0.0624. The normalized spacial score (nSPS) is 17.0. The lowest BCUT2D eigenvalue weighted by Gasteiger charge is -2.17. The average molecular weight is 396 g/mol. The van der Waals surface area contributed by atoms with Gasteiger partial charge in [-0.2, -0.15) is 0 Å². The first-order chi connectivity index (χ1) is 14.0. The molecule has 0 radical (unpaired) electrons. The van der Waals surface area contributed by atoms with Crippen molar-refractivity contribution >= 4 is 23.5 Å². The van der Waals surface area contributed by atoms with E-state index >= 15 is 0 Å². The van der Waals surface area contributed by atoms with Gasteiger partial charge in [-0.05, 0) is 36.8 Å². The Morgan fingerprint density at radius 1 is 1.14 bits per heavy atom.